The third-order valence-electron chi connectivity index (χ3n) is 2.01. The van der Waals surface area contributed by atoms with Crippen molar-refractivity contribution in [3.63, 3.8) is 0 Å². The van der Waals surface area contributed by atoms with Crippen molar-refractivity contribution in [2.24, 2.45) is 5.92 Å². The Morgan fingerprint density at radius 2 is 2.12 bits per heavy atom. The topological polar surface area (TPSA) is 58.6 Å². The molecule has 1 amide bonds. The van der Waals surface area contributed by atoms with Gasteiger partial charge in [0, 0.05) is 19.6 Å². The van der Waals surface area contributed by atoms with Crippen LogP contribution in [-0.2, 0) is 9.53 Å². The van der Waals surface area contributed by atoms with Gasteiger partial charge in [-0.05, 0) is 12.3 Å². The van der Waals surface area contributed by atoms with Crippen LogP contribution in [0.5, 0.6) is 0 Å². The number of amides is 1. The molecule has 4 nitrogen and oxygen atoms in total. The summed E-state index contributed by atoms with van der Waals surface area (Å²) in [5.41, 5.74) is 0. The second-order valence-corrected chi connectivity index (χ2v) is 3.84. The van der Waals surface area contributed by atoms with Crippen molar-refractivity contribution in [3.8, 4) is 0 Å². The number of aliphatic hydroxyl groups excluding tert-OH is 1. The van der Waals surface area contributed by atoms with E-state index in [0.717, 1.165) is 0 Å². The molecule has 0 aliphatic rings. The fourth-order valence-electron chi connectivity index (χ4n) is 1.05. The van der Waals surface area contributed by atoms with Crippen molar-refractivity contribution in [1.29, 1.82) is 0 Å². The van der Waals surface area contributed by atoms with E-state index in [1.54, 1.807) is 0 Å². The highest BCUT2D eigenvalue weighted by Crippen LogP contribution is 2.14. The lowest BCUT2D eigenvalue weighted by atomic mass is 10.1. The van der Waals surface area contributed by atoms with E-state index in [1.165, 1.54) is 0 Å². The van der Waals surface area contributed by atoms with Crippen molar-refractivity contribution >= 4 is 5.91 Å². The summed E-state index contributed by atoms with van der Waals surface area (Å²) in [5.74, 6) is -0.211. The third-order valence-corrected chi connectivity index (χ3v) is 2.01. The van der Waals surface area contributed by atoms with Crippen molar-refractivity contribution in [2.45, 2.75) is 25.9 Å². The van der Waals surface area contributed by atoms with Crippen molar-refractivity contribution < 1.29 is 27.8 Å². The molecule has 0 saturated carbocycles. The van der Waals surface area contributed by atoms with Crippen LogP contribution >= 0.6 is 0 Å². The smallest absolute Gasteiger partial charge is 0.396 e. The van der Waals surface area contributed by atoms with Crippen LogP contribution in [-0.4, -0.2) is 43.6 Å². The van der Waals surface area contributed by atoms with Crippen LogP contribution < -0.4 is 5.32 Å². The summed E-state index contributed by atoms with van der Waals surface area (Å²) in [4.78, 5) is 11.1. The number of rotatable bonds is 8. The number of hydrogen-bond donors (Lipinski definition) is 2. The molecule has 0 aromatic heterocycles. The van der Waals surface area contributed by atoms with Gasteiger partial charge in [-0.25, -0.2) is 0 Å². The van der Waals surface area contributed by atoms with E-state index in [0.29, 0.717) is 13.0 Å². The van der Waals surface area contributed by atoms with Crippen molar-refractivity contribution in [2.75, 3.05) is 26.4 Å². The van der Waals surface area contributed by atoms with E-state index >= 15 is 0 Å². The van der Waals surface area contributed by atoms with Gasteiger partial charge in [-0.3, -0.25) is 4.79 Å². The number of hydrogen-bond acceptors (Lipinski definition) is 3. The highest BCUT2D eigenvalue weighted by atomic mass is 19.4. The Labute approximate surface area is 98.1 Å². The molecule has 0 radical (unpaired) electrons. The quantitative estimate of drug-likeness (QED) is 0.640. The average molecular weight is 257 g/mol. The van der Waals surface area contributed by atoms with Gasteiger partial charge in [0.15, 0.2) is 0 Å². The Kier molecular flexibility index (Phi) is 7.90. The highest BCUT2D eigenvalue weighted by Gasteiger charge is 2.27. The first kappa shape index (κ1) is 16.2. The summed E-state index contributed by atoms with van der Waals surface area (Å²) in [7, 11) is 0. The number of nitrogens with one attached hydrogen (secondary N) is 1. The van der Waals surface area contributed by atoms with E-state index in [2.05, 4.69) is 10.1 Å². The number of aliphatic hydroxyl groups is 1. The molecular weight excluding hydrogens is 239 g/mol. The lowest BCUT2D eigenvalue weighted by Gasteiger charge is -2.11. The molecule has 0 aliphatic heterocycles. The zero-order valence-corrected chi connectivity index (χ0v) is 9.72. The second-order valence-electron chi connectivity index (χ2n) is 3.84. The molecule has 2 N–H and O–H groups in total. The minimum atomic E-state index is -4.36. The number of carbonyl (C=O) groups is 1. The second kappa shape index (κ2) is 8.30. The fraction of sp³-hybridized carbons (Fsp3) is 0.900. The zero-order valence-electron chi connectivity index (χ0n) is 9.72. The SMILES string of the molecule is CC(CCO)CNC(=O)CCOCC(F)(F)F. The van der Waals surface area contributed by atoms with Gasteiger partial charge in [-0.1, -0.05) is 6.92 Å². The monoisotopic (exact) mass is 257 g/mol. The maximum absolute atomic E-state index is 11.7. The van der Waals surface area contributed by atoms with E-state index in [9.17, 15) is 18.0 Å². The number of halogens is 3. The third kappa shape index (κ3) is 11.4. The first-order valence-corrected chi connectivity index (χ1v) is 5.37. The standard InChI is InChI=1S/C10H18F3NO3/c1-8(2-4-15)6-14-9(16)3-5-17-7-10(11,12)13/h8,15H,2-7H2,1H3,(H,14,16). The molecule has 1 atom stereocenters. The van der Waals surface area contributed by atoms with Crippen LogP contribution in [0.15, 0.2) is 0 Å². The Bertz CT molecular complexity index is 221. The van der Waals surface area contributed by atoms with Gasteiger partial charge >= 0.3 is 6.18 Å². The summed E-state index contributed by atoms with van der Waals surface area (Å²) < 4.78 is 39.3. The van der Waals surface area contributed by atoms with E-state index in [4.69, 9.17) is 5.11 Å². The van der Waals surface area contributed by atoms with Gasteiger partial charge < -0.3 is 15.2 Å². The Balaban J connectivity index is 3.47. The molecule has 7 heteroatoms. The summed E-state index contributed by atoms with van der Waals surface area (Å²) in [6, 6.07) is 0. The molecule has 0 fully saturated rings. The van der Waals surface area contributed by atoms with Gasteiger partial charge in [0.1, 0.15) is 6.61 Å². The number of carbonyl (C=O) groups excluding carboxylic acids is 1. The largest absolute Gasteiger partial charge is 0.411 e. The maximum atomic E-state index is 11.7. The summed E-state index contributed by atoms with van der Waals surface area (Å²) >= 11 is 0. The Morgan fingerprint density at radius 3 is 2.65 bits per heavy atom. The molecule has 1 unspecified atom stereocenters. The first-order chi connectivity index (χ1) is 7.85. The minimum absolute atomic E-state index is 0.0474. The van der Waals surface area contributed by atoms with Crippen LogP contribution in [0.1, 0.15) is 19.8 Å². The molecule has 0 aromatic rings. The molecule has 17 heavy (non-hydrogen) atoms. The molecule has 0 spiro atoms. The van der Waals surface area contributed by atoms with Gasteiger partial charge in [0.2, 0.25) is 5.91 Å². The van der Waals surface area contributed by atoms with Gasteiger partial charge in [-0.2, -0.15) is 13.2 Å². The van der Waals surface area contributed by atoms with Crippen LogP contribution in [0.2, 0.25) is 0 Å². The Hall–Kier alpha value is -0.820. The molecule has 0 aromatic carbocycles. The van der Waals surface area contributed by atoms with Crippen LogP contribution in [0.25, 0.3) is 0 Å². The normalized spacial score (nSPS) is 13.5. The molecule has 0 aliphatic carbocycles. The maximum Gasteiger partial charge on any atom is 0.411 e. The molecule has 102 valence electrons. The van der Waals surface area contributed by atoms with Crippen molar-refractivity contribution in [1.82, 2.24) is 5.32 Å². The number of ether oxygens (including phenoxy) is 1. The predicted molar refractivity (Wildman–Crippen MR) is 55.4 cm³/mol. The van der Waals surface area contributed by atoms with Gasteiger partial charge in [0.25, 0.3) is 0 Å². The lowest BCUT2D eigenvalue weighted by Crippen LogP contribution is -2.29. The lowest BCUT2D eigenvalue weighted by molar-refractivity contribution is -0.174. The van der Waals surface area contributed by atoms with Crippen LogP contribution in [0.3, 0.4) is 0 Å². The fourth-order valence-corrected chi connectivity index (χ4v) is 1.05. The van der Waals surface area contributed by atoms with Crippen LogP contribution in [0, 0.1) is 5.92 Å². The molecule has 0 saturated heterocycles. The molecule has 0 bridgehead atoms. The molecular formula is C10H18F3NO3. The van der Waals surface area contributed by atoms with E-state index in [1.807, 2.05) is 6.92 Å². The van der Waals surface area contributed by atoms with E-state index in [-0.39, 0.29) is 31.5 Å². The predicted octanol–water partition coefficient (Wildman–Crippen LogP) is 1.09. The summed E-state index contributed by atoms with van der Waals surface area (Å²) in [6.07, 6.45) is -3.88. The zero-order chi connectivity index (χ0) is 13.3. The molecule has 0 heterocycles. The summed E-state index contributed by atoms with van der Waals surface area (Å²) in [6.45, 7) is 0.724. The minimum Gasteiger partial charge on any atom is -0.396 e. The summed E-state index contributed by atoms with van der Waals surface area (Å²) in [5, 5.41) is 11.2. The van der Waals surface area contributed by atoms with Crippen LogP contribution in [0.4, 0.5) is 13.2 Å². The van der Waals surface area contributed by atoms with E-state index < -0.39 is 12.8 Å². The average Bonchev–Trinajstić information content (AvgIpc) is 2.21. The first-order valence-electron chi connectivity index (χ1n) is 5.37. The van der Waals surface area contributed by atoms with Gasteiger partial charge in [-0.15, -0.1) is 0 Å². The Morgan fingerprint density at radius 1 is 1.47 bits per heavy atom. The molecule has 0 rings (SSSR count). The van der Waals surface area contributed by atoms with Gasteiger partial charge in [0.05, 0.1) is 6.61 Å². The highest BCUT2D eigenvalue weighted by molar-refractivity contribution is 5.75. The van der Waals surface area contributed by atoms with Crippen molar-refractivity contribution in [3.05, 3.63) is 0 Å². The number of alkyl halides is 3.